The van der Waals surface area contributed by atoms with Crippen molar-refractivity contribution in [1.29, 1.82) is 0 Å². The van der Waals surface area contributed by atoms with Gasteiger partial charge in [0, 0.05) is 5.56 Å². The lowest BCUT2D eigenvalue weighted by Crippen LogP contribution is -2.22. The third kappa shape index (κ3) is 4.20. The van der Waals surface area contributed by atoms with Gasteiger partial charge in [0.05, 0.1) is 17.5 Å². The van der Waals surface area contributed by atoms with E-state index < -0.39 is 6.04 Å². The number of aryl methyl sites for hydroxylation is 2. The molecule has 0 N–H and O–H groups in total. The van der Waals surface area contributed by atoms with Crippen LogP contribution in [0, 0.1) is 13.8 Å². The van der Waals surface area contributed by atoms with E-state index >= 15 is 0 Å². The molecule has 0 spiro atoms. The van der Waals surface area contributed by atoms with E-state index in [1.54, 1.807) is 0 Å². The highest BCUT2D eigenvalue weighted by Crippen LogP contribution is 2.45. The maximum absolute atomic E-state index is 14.1. The molecule has 0 aliphatic carbocycles. The highest BCUT2D eigenvalue weighted by atomic mass is 16.1. The average Bonchev–Trinajstić information content (AvgIpc) is 3.17. The molecule has 0 saturated heterocycles. The highest BCUT2D eigenvalue weighted by Gasteiger charge is 2.41. The summed E-state index contributed by atoms with van der Waals surface area (Å²) in [4.78, 5) is 14.1. The van der Waals surface area contributed by atoms with E-state index in [0.29, 0.717) is 5.57 Å². The molecule has 166 valence electrons. The zero-order valence-corrected chi connectivity index (χ0v) is 19.3. The minimum Gasteiger partial charge on any atom is -0.291 e. The normalized spacial score (nSPS) is 16.0. The Labute approximate surface area is 200 Å². The van der Waals surface area contributed by atoms with Crippen molar-refractivity contribution in [1.82, 2.24) is 5.01 Å². The number of carbonyl (C=O) groups excluding carboxylic acids is 1. The van der Waals surface area contributed by atoms with Gasteiger partial charge < -0.3 is 0 Å². The molecule has 0 amide bonds. The van der Waals surface area contributed by atoms with Crippen LogP contribution in [0.4, 0.5) is 0 Å². The first-order chi connectivity index (χ1) is 16.6. The molecule has 3 nitrogen and oxygen atoms in total. The zero-order chi connectivity index (χ0) is 23.5. The number of rotatable bonds is 5. The molecule has 34 heavy (non-hydrogen) atoms. The molecule has 4 aromatic carbocycles. The molecule has 1 aliphatic heterocycles. The monoisotopic (exact) mass is 442 g/mol. The van der Waals surface area contributed by atoms with Crippen molar-refractivity contribution in [3.8, 4) is 0 Å². The summed E-state index contributed by atoms with van der Waals surface area (Å²) in [7, 11) is 0. The molecule has 1 unspecified atom stereocenters. The number of hydrogen-bond acceptors (Lipinski definition) is 3. The second kappa shape index (κ2) is 9.32. The summed E-state index contributed by atoms with van der Waals surface area (Å²) in [6.07, 6.45) is 1.84. The Bertz CT molecular complexity index is 1350. The molecule has 0 saturated carbocycles. The molecule has 0 aromatic heterocycles. The van der Waals surface area contributed by atoms with Crippen LogP contribution in [-0.4, -0.2) is 17.0 Å². The van der Waals surface area contributed by atoms with Gasteiger partial charge in [0.1, 0.15) is 6.04 Å². The Kier molecular flexibility index (Phi) is 5.92. The minimum absolute atomic E-state index is 0.0509. The fourth-order valence-corrected chi connectivity index (χ4v) is 4.31. The second-order valence-corrected chi connectivity index (χ2v) is 8.63. The van der Waals surface area contributed by atoms with Gasteiger partial charge in [-0.25, -0.2) is 5.01 Å². The third-order valence-corrected chi connectivity index (χ3v) is 6.12. The number of ketones is 1. The van der Waals surface area contributed by atoms with Crippen molar-refractivity contribution in [2.24, 2.45) is 5.10 Å². The van der Waals surface area contributed by atoms with Crippen molar-refractivity contribution < 1.29 is 4.79 Å². The molecule has 1 aliphatic rings. The fourth-order valence-electron chi connectivity index (χ4n) is 4.31. The predicted molar refractivity (Wildman–Crippen MR) is 139 cm³/mol. The summed E-state index contributed by atoms with van der Waals surface area (Å²) in [5, 5.41) is 6.81. The van der Waals surface area contributed by atoms with Crippen LogP contribution in [0.5, 0.6) is 0 Å². The van der Waals surface area contributed by atoms with Gasteiger partial charge in [-0.2, -0.15) is 5.10 Å². The summed E-state index contributed by atoms with van der Waals surface area (Å²) >= 11 is 0. The summed E-state index contributed by atoms with van der Waals surface area (Å²) in [5.74, 6) is 0.0509. The molecule has 4 aromatic rings. The third-order valence-electron chi connectivity index (χ3n) is 6.12. The zero-order valence-electron chi connectivity index (χ0n) is 19.3. The van der Waals surface area contributed by atoms with E-state index in [4.69, 9.17) is 5.10 Å². The van der Waals surface area contributed by atoms with Crippen molar-refractivity contribution >= 4 is 23.3 Å². The summed E-state index contributed by atoms with van der Waals surface area (Å²) < 4.78 is 0. The van der Waals surface area contributed by atoms with Crippen LogP contribution in [0.15, 0.2) is 114 Å². The predicted octanol–water partition coefficient (Wildman–Crippen LogP) is 6.83. The van der Waals surface area contributed by atoms with Gasteiger partial charge in [0.15, 0.2) is 5.78 Å². The molecule has 5 rings (SSSR count). The standard InChI is InChI=1S/C31H26N2O/c1-22-13-17-24(18-14-22)21-32-33-29(26-11-7-4-8-12-26)28(25-9-5-3-6-10-25)31(34)30(33)27-19-15-23(2)16-20-27/h3-21,30H,1-2H3/b32-21+. The summed E-state index contributed by atoms with van der Waals surface area (Å²) in [6, 6.07) is 35.8. The number of Topliss-reactive ketones (excluding diaryl/α,β-unsaturated/α-hetero) is 1. The molecule has 1 atom stereocenters. The van der Waals surface area contributed by atoms with Crippen LogP contribution < -0.4 is 0 Å². The molecular formula is C31H26N2O. The van der Waals surface area contributed by atoms with E-state index in [0.717, 1.165) is 33.5 Å². The Morgan fingerprint density at radius 1 is 0.676 bits per heavy atom. The second-order valence-electron chi connectivity index (χ2n) is 8.63. The van der Waals surface area contributed by atoms with E-state index in [-0.39, 0.29) is 5.78 Å². The first-order valence-electron chi connectivity index (χ1n) is 11.5. The van der Waals surface area contributed by atoms with Crippen LogP contribution in [-0.2, 0) is 4.79 Å². The first kappa shape index (κ1) is 21.6. The largest absolute Gasteiger partial charge is 0.291 e. The smallest absolute Gasteiger partial charge is 0.194 e. The quantitative estimate of drug-likeness (QED) is 0.317. The van der Waals surface area contributed by atoms with Crippen LogP contribution >= 0.6 is 0 Å². The van der Waals surface area contributed by atoms with Crippen LogP contribution in [0.3, 0.4) is 0 Å². The van der Waals surface area contributed by atoms with Crippen molar-refractivity contribution in [2.75, 3.05) is 0 Å². The Morgan fingerprint density at radius 3 is 1.79 bits per heavy atom. The fraction of sp³-hybridized carbons (Fsp3) is 0.0968. The molecule has 0 radical (unpaired) electrons. The number of hydrogen-bond donors (Lipinski definition) is 0. The van der Waals surface area contributed by atoms with E-state index in [1.165, 1.54) is 5.56 Å². The number of benzene rings is 4. The molecule has 1 heterocycles. The van der Waals surface area contributed by atoms with Crippen molar-refractivity contribution in [3.05, 3.63) is 143 Å². The van der Waals surface area contributed by atoms with Gasteiger partial charge in [-0.15, -0.1) is 0 Å². The molecule has 0 bridgehead atoms. The summed E-state index contributed by atoms with van der Waals surface area (Å²) in [6.45, 7) is 4.12. The van der Waals surface area contributed by atoms with Gasteiger partial charge in [-0.1, -0.05) is 120 Å². The number of carbonyl (C=O) groups is 1. The number of hydrazone groups is 1. The van der Waals surface area contributed by atoms with Crippen LogP contribution in [0.2, 0.25) is 0 Å². The van der Waals surface area contributed by atoms with Crippen molar-refractivity contribution in [2.45, 2.75) is 19.9 Å². The lowest BCUT2D eigenvalue weighted by molar-refractivity contribution is -0.116. The topological polar surface area (TPSA) is 32.7 Å². The highest BCUT2D eigenvalue weighted by molar-refractivity contribution is 6.32. The SMILES string of the molecule is Cc1ccc(/C=N/N2C(c3ccccc3)=C(c3ccccc3)C(=O)C2c2ccc(C)cc2)cc1. The lowest BCUT2D eigenvalue weighted by atomic mass is 9.94. The van der Waals surface area contributed by atoms with Gasteiger partial charge >= 0.3 is 0 Å². The van der Waals surface area contributed by atoms with E-state index in [2.05, 4.69) is 26.0 Å². The maximum Gasteiger partial charge on any atom is 0.194 e. The average molecular weight is 443 g/mol. The Balaban J connectivity index is 1.71. The Morgan fingerprint density at radius 2 is 1.21 bits per heavy atom. The van der Waals surface area contributed by atoms with Gasteiger partial charge in [0.2, 0.25) is 0 Å². The van der Waals surface area contributed by atoms with Gasteiger partial charge in [-0.3, -0.25) is 4.79 Å². The van der Waals surface area contributed by atoms with Crippen LogP contribution in [0.1, 0.15) is 39.4 Å². The Hall–Kier alpha value is -4.24. The maximum atomic E-state index is 14.1. The van der Waals surface area contributed by atoms with E-state index in [1.807, 2.05) is 108 Å². The minimum atomic E-state index is -0.535. The molecule has 3 heteroatoms. The number of nitrogens with zero attached hydrogens (tertiary/aromatic N) is 2. The van der Waals surface area contributed by atoms with E-state index in [9.17, 15) is 4.79 Å². The lowest BCUT2D eigenvalue weighted by Gasteiger charge is -2.24. The van der Waals surface area contributed by atoms with Gasteiger partial charge in [-0.05, 0) is 30.5 Å². The van der Waals surface area contributed by atoms with Crippen molar-refractivity contribution in [3.63, 3.8) is 0 Å². The van der Waals surface area contributed by atoms with Gasteiger partial charge in [0.25, 0.3) is 0 Å². The van der Waals surface area contributed by atoms with Crippen LogP contribution in [0.25, 0.3) is 11.3 Å². The molecule has 0 fully saturated rings. The summed E-state index contributed by atoms with van der Waals surface area (Å²) in [5.41, 5.74) is 7.65. The first-order valence-corrected chi connectivity index (χ1v) is 11.5. The molecular weight excluding hydrogens is 416 g/mol.